The first-order valence-electron chi connectivity index (χ1n) is 4.18. The van der Waals surface area contributed by atoms with Gasteiger partial charge in [-0.3, -0.25) is 0 Å². The van der Waals surface area contributed by atoms with Crippen molar-refractivity contribution >= 4 is 28.4 Å². The summed E-state index contributed by atoms with van der Waals surface area (Å²) >= 11 is 3.51. The zero-order chi connectivity index (χ0) is 9.10. The van der Waals surface area contributed by atoms with Crippen LogP contribution < -0.4 is 5.32 Å². The van der Waals surface area contributed by atoms with E-state index in [1.165, 1.54) is 10.6 Å². The summed E-state index contributed by atoms with van der Waals surface area (Å²) in [6.45, 7) is 2.18. The first kappa shape index (κ1) is 8.78. The Morgan fingerprint density at radius 3 is 2.85 bits per heavy atom. The van der Waals surface area contributed by atoms with Crippen LogP contribution in [-0.2, 0) is 0 Å². The van der Waals surface area contributed by atoms with Crippen LogP contribution in [0.3, 0.4) is 0 Å². The number of rotatable bonds is 3. The summed E-state index contributed by atoms with van der Waals surface area (Å²) in [6.07, 6.45) is 0. The van der Waals surface area contributed by atoms with E-state index < -0.39 is 0 Å². The standard InChI is InChI=1S/C10H11NS2/c1-8(10-3-2-5-13-10)11-9-4-6-12-7-9/h2-8,11H,1H3. The maximum atomic E-state index is 3.45. The molecular formula is C10H11NS2. The summed E-state index contributed by atoms with van der Waals surface area (Å²) in [5.41, 5.74) is 1.21. The van der Waals surface area contributed by atoms with E-state index in [1.54, 1.807) is 22.7 Å². The van der Waals surface area contributed by atoms with Crippen LogP contribution in [-0.4, -0.2) is 0 Å². The highest BCUT2D eigenvalue weighted by molar-refractivity contribution is 7.10. The Labute approximate surface area is 86.0 Å². The maximum Gasteiger partial charge on any atom is 0.0578 e. The molecule has 0 aliphatic heterocycles. The fourth-order valence-corrected chi connectivity index (χ4v) is 2.54. The molecule has 1 nitrogen and oxygen atoms in total. The number of hydrogen-bond acceptors (Lipinski definition) is 3. The first-order valence-corrected chi connectivity index (χ1v) is 6.00. The van der Waals surface area contributed by atoms with Gasteiger partial charge in [-0.05, 0) is 29.8 Å². The van der Waals surface area contributed by atoms with Gasteiger partial charge in [0.1, 0.15) is 0 Å². The number of nitrogens with one attached hydrogen (secondary N) is 1. The zero-order valence-electron chi connectivity index (χ0n) is 7.36. The van der Waals surface area contributed by atoms with Gasteiger partial charge in [-0.15, -0.1) is 11.3 Å². The molecule has 0 saturated heterocycles. The second kappa shape index (κ2) is 3.94. The van der Waals surface area contributed by atoms with Gasteiger partial charge in [0, 0.05) is 15.9 Å². The molecule has 3 heteroatoms. The van der Waals surface area contributed by atoms with E-state index >= 15 is 0 Å². The van der Waals surface area contributed by atoms with Gasteiger partial charge >= 0.3 is 0 Å². The smallest absolute Gasteiger partial charge is 0.0578 e. The van der Waals surface area contributed by atoms with Crippen molar-refractivity contribution < 1.29 is 0 Å². The normalized spacial score (nSPS) is 12.7. The zero-order valence-corrected chi connectivity index (χ0v) is 8.99. The maximum absolute atomic E-state index is 3.45. The van der Waals surface area contributed by atoms with E-state index in [-0.39, 0.29) is 0 Å². The molecule has 0 aliphatic rings. The quantitative estimate of drug-likeness (QED) is 0.806. The minimum atomic E-state index is 0.412. The van der Waals surface area contributed by atoms with Crippen molar-refractivity contribution in [2.24, 2.45) is 0 Å². The van der Waals surface area contributed by atoms with Crippen molar-refractivity contribution in [3.63, 3.8) is 0 Å². The summed E-state index contributed by atoms with van der Waals surface area (Å²) in [7, 11) is 0. The van der Waals surface area contributed by atoms with Gasteiger partial charge in [-0.2, -0.15) is 11.3 Å². The van der Waals surface area contributed by atoms with Gasteiger partial charge in [-0.25, -0.2) is 0 Å². The van der Waals surface area contributed by atoms with Crippen molar-refractivity contribution in [3.05, 3.63) is 39.2 Å². The van der Waals surface area contributed by atoms with Crippen molar-refractivity contribution in [1.29, 1.82) is 0 Å². The predicted molar refractivity (Wildman–Crippen MR) is 60.7 cm³/mol. The topological polar surface area (TPSA) is 12.0 Å². The molecule has 1 atom stereocenters. The van der Waals surface area contributed by atoms with Gasteiger partial charge in [0.15, 0.2) is 0 Å². The molecule has 0 saturated carbocycles. The fourth-order valence-electron chi connectivity index (χ4n) is 1.21. The Morgan fingerprint density at radius 2 is 2.23 bits per heavy atom. The highest BCUT2D eigenvalue weighted by Gasteiger charge is 2.05. The average Bonchev–Trinajstić information content (AvgIpc) is 2.74. The molecule has 13 heavy (non-hydrogen) atoms. The molecule has 2 rings (SSSR count). The number of hydrogen-bond donors (Lipinski definition) is 1. The van der Waals surface area contributed by atoms with Gasteiger partial charge < -0.3 is 5.32 Å². The molecule has 0 radical (unpaired) electrons. The molecule has 68 valence electrons. The van der Waals surface area contributed by atoms with Crippen LogP contribution in [0.1, 0.15) is 17.8 Å². The molecule has 0 spiro atoms. The van der Waals surface area contributed by atoms with Crippen molar-refractivity contribution in [3.8, 4) is 0 Å². The van der Waals surface area contributed by atoms with Gasteiger partial charge in [-0.1, -0.05) is 6.07 Å². The second-order valence-electron chi connectivity index (χ2n) is 2.89. The summed E-state index contributed by atoms with van der Waals surface area (Å²) in [5.74, 6) is 0. The van der Waals surface area contributed by atoms with Crippen LogP contribution >= 0.6 is 22.7 Å². The molecule has 0 bridgehead atoms. The summed E-state index contributed by atoms with van der Waals surface area (Å²) in [4.78, 5) is 1.38. The van der Waals surface area contributed by atoms with E-state index in [9.17, 15) is 0 Å². The highest BCUT2D eigenvalue weighted by atomic mass is 32.1. The molecule has 1 N–H and O–H groups in total. The monoisotopic (exact) mass is 209 g/mol. The van der Waals surface area contributed by atoms with E-state index in [4.69, 9.17) is 0 Å². The Kier molecular flexibility index (Phi) is 2.66. The largest absolute Gasteiger partial charge is 0.377 e. The molecule has 0 aromatic carbocycles. The Bertz CT molecular complexity index is 337. The third-order valence-electron chi connectivity index (χ3n) is 1.87. The Balaban J connectivity index is 2.04. The average molecular weight is 209 g/mol. The van der Waals surface area contributed by atoms with E-state index in [2.05, 4.69) is 46.6 Å². The Hall–Kier alpha value is -0.800. The highest BCUT2D eigenvalue weighted by Crippen LogP contribution is 2.23. The van der Waals surface area contributed by atoms with Crippen LogP contribution in [0.5, 0.6) is 0 Å². The minimum absolute atomic E-state index is 0.412. The summed E-state index contributed by atoms with van der Waals surface area (Å²) in [6, 6.07) is 6.77. The van der Waals surface area contributed by atoms with Crippen LogP contribution in [0, 0.1) is 0 Å². The predicted octanol–water partition coefficient (Wildman–Crippen LogP) is 3.98. The molecule has 0 amide bonds. The third kappa shape index (κ3) is 2.11. The lowest BCUT2D eigenvalue weighted by molar-refractivity contribution is 0.909. The third-order valence-corrected chi connectivity index (χ3v) is 3.61. The van der Waals surface area contributed by atoms with Gasteiger partial charge in [0.05, 0.1) is 6.04 Å². The van der Waals surface area contributed by atoms with Gasteiger partial charge in [0.25, 0.3) is 0 Å². The molecule has 2 heterocycles. The minimum Gasteiger partial charge on any atom is -0.377 e. The Morgan fingerprint density at radius 1 is 1.31 bits per heavy atom. The molecule has 0 fully saturated rings. The summed E-state index contributed by atoms with van der Waals surface area (Å²) in [5, 5.41) is 9.77. The summed E-state index contributed by atoms with van der Waals surface area (Å²) < 4.78 is 0. The van der Waals surface area contributed by atoms with Crippen LogP contribution in [0.4, 0.5) is 5.69 Å². The van der Waals surface area contributed by atoms with Crippen LogP contribution in [0.15, 0.2) is 34.3 Å². The number of thiophene rings is 2. The number of anilines is 1. The lowest BCUT2D eigenvalue weighted by Crippen LogP contribution is -2.03. The van der Waals surface area contributed by atoms with E-state index in [1.807, 2.05) is 0 Å². The molecular weight excluding hydrogens is 198 g/mol. The van der Waals surface area contributed by atoms with Crippen molar-refractivity contribution in [2.75, 3.05) is 5.32 Å². The van der Waals surface area contributed by atoms with Crippen LogP contribution in [0.25, 0.3) is 0 Å². The SMILES string of the molecule is CC(Nc1ccsc1)c1cccs1. The second-order valence-corrected chi connectivity index (χ2v) is 4.65. The van der Waals surface area contributed by atoms with Crippen molar-refractivity contribution in [1.82, 2.24) is 0 Å². The molecule has 1 unspecified atom stereocenters. The first-order chi connectivity index (χ1) is 6.36. The lowest BCUT2D eigenvalue weighted by atomic mass is 10.2. The van der Waals surface area contributed by atoms with Crippen LogP contribution in [0.2, 0.25) is 0 Å². The van der Waals surface area contributed by atoms with E-state index in [0.717, 1.165) is 0 Å². The lowest BCUT2D eigenvalue weighted by Gasteiger charge is -2.11. The van der Waals surface area contributed by atoms with Gasteiger partial charge in [0.2, 0.25) is 0 Å². The molecule has 0 aliphatic carbocycles. The fraction of sp³-hybridized carbons (Fsp3) is 0.200. The van der Waals surface area contributed by atoms with Crippen molar-refractivity contribution in [2.45, 2.75) is 13.0 Å². The molecule has 2 aromatic heterocycles. The molecule has 2 aromatic rings. The van der Waals surface area contributed by atoms with E-state index in [0.29, 0.717) is 6.04 Å².